The van der Waals surface area contributed by atoms with Crippen LogP contribution in [-0.2, 0) is 16.8 Å². The second kappa shape index (κ2) is 7.59. The van der Waals surface area contributed by atoms with Crippen molar-refractivity contribution < 1.29 is 19.4 Å². The topological polar surface area (TPSA) is 126 Å². The van der Waals surface area contributed by atoms with Crippen LogP contribution in [0.25, 0.3) is 0 Å². The molecule has 30 heavy (non-hydrogen) atoms. The van der Waals surface area contributed by atoms with Gasteiger partial charge in [0.15, 0.2) is 11.3 Å². The van der Waals surface area contributed by atoms with Gasteiger partial charge in [0.05, 0.1) is 13.0 Å². The number of allylic oxidation sites excluding steroid dienone is 1. The minimum Gasteiger partial charge on any atom is -0.493 e. The van der Waals surface area contributed by atoms with Crippen LogP contribution >= 0.6 is 0 Å². The SMILES string of the molecule is N=C(N)c1ccc(C(=O)C2(c3ccc4c(c3)CC(CC(=O)O)CO4)C=CC=N2)cc1. The number of fused-ring (bicyclic) bond motifs is 1. The summed E-state index contributed by atoms with van der Waals surface area (Å²) in [4.78, 5) is 29.0. The summed E-state index contributed by atoms with van der Waals surface area (Å²) in [6, 6.07) is 12.1. The van der Waals surface area contributed by atoms with Gasteiger partial charge in [0.2, 0.25) is 0 Å². The summed E-state index contributed by atoms with van der Waals surface area (Å²) in [5.41, 5.74) is 6.89. The van der Waals surface area contributed by atoms with Gasteiger partial charge in [-0.3, -0.25) is 20.0 Å². The highest BCUT2D eigenvalue weighted by molar-refractivity contribution is 6.08. The summed E-state index contributed by atoms with van der Waals surface area (Å²) in [7, 11) is 0. The summed E-state index contributed by atoms with van der Waals surface area (Å²) in [5.74, 6) is -0.514. The Balaban J connectivity index is 1.69. The largest absolute Gasteiger partial charge is 0.493 e. The molecule has 7 heteroatoms. The van der Waals surface area contributed by atoms with Crippen LogP contribution in [0.5, 0.6) is 5.75 Å². The minimum absolute atomic E-state index is 0.0360. The number of ether oxygens (including phenoxy) is 1. The highest BCUT2D eigenvalue weighted by atomic mass is 16.5. The summed E-state index contributed by atoms with van der Waals surface area (Å²) < 4.78 is 5.73. The number of nitrogen functional groups attached to an aromatic ring is 1. The van der Waals surface area contributed by atoms with E-state index in [0.29, 0.717) is 35.5 Å². The molecular weight excluding hydrogens is 382 g/mol. The predicted octanol–water partition coefficient (Wildman–Crippen LogP) is 2.72. The molecule has 0 radical (unpaired) electrons. The van der Waals surface area contributed by atoms with Gasteiger partial charge in [0, 0.05) is 23.3 Å². The molecule has 0 bridgehead atoms. The molecule has 0 fully saturated rings. The molecule has 7 nitrogen and oxygen atoms in total. The number of carboxylic acids is 1. The van der Waals surface area contributed by atoms with Crippen LogP contribution in [0.2, 0.25) is 0 Å². The Bertz CT molecular complexity index is 1070. The van der Waals surface area contributed by atoms with Crippen LogP contribution < -0.4 is 10.5 Å². The van der Waals surface area contributed by atoms with Crippen molar-refractivity contribution in [3.8, 4) is 5.75 Å². The quantitative estimate of drug-likeness (QED) is 0.388. The van der Waals surface area contributed by atoms with E-state index in [-0.39, 0.29) is 24.0 Å². The first-order valence-electron chi connectivity index (χ1n) is 9.59. The van der Waals surface area contributed by atoms with E-state index in [0.717, 1.165) is 5.56 Å². The van der Waals surface area contributed by atoms with Gasteiger partial charge in [0.25, 0.3) is 0 Å². The smallest absolute Gasteiger partial charge is 0.303 e. The number of amidine groups is 1. The molecule has 0 spiro atoms. The molecule has 4 rings (SSSR count). The lowest BCUT2D eigenvalue weighted by Crippen LogP contribution is -2.31. The molecule has 0 saturated carbocycles. The highest BCUT2D eigenvalue weighted by Crippen LogP contribution is 2.38. The minimum atomic E-state index is -1.19. The number of carboxylic acid groups (broad SMARTS) is 1. The van der Waals surface area contributed by atoms with Crippen LogP contribution in [0.15, 0.2) is 59.6 Å². The van der Waals surface area contributed by atoms with Gasteiger partial charge < -0.3 is 15.6 Å². The van der Waals surface area contributed by atoms with Gasteiger partial charge in [0.1, 0.15) is 11.6 Å². The number of nitrogens with two attached hydrogens (primary N) is 1. The number of hydrogen-bond donors (Lipinski definition) is 3. The van der Waals surface area contributed by atoms with E-state index in [1.807, 2.05) is 18.2 Å². The molecule has 0 aromatic heterocycles. The number of nitrogens with zero attached hydrogens (tertiary/aromatic N) is 1. The average molecular weight is 403 g/mol. The maximum atomic E-state index is 13.5. The molecule has 2 aromatic rings. The third-order valence-electron chi connectivity index (χ3n) is 5.45. The number of Topliss-reactive ketones (excluding diaryl/α,β-unsaturated/α-hetero) is 1. The fraction of sp³-hybridized carbons (Fsp3) is 0.217. The van der Waals surface area contributed by atoms with Crippen LogP contribution in [0.3, 0.4) is 0 Å². The number of aliphatic carboxylic acids is 1. The van der Waals surface area contributed by atoms with E-state index >= 15 is 0 Å². The van der Waals surface area contributed by atoms with Crippen LogP contribution in [-0.4, -0.2) is 35.5 Å². The lowest BCUT2D eigenvalue weighted by molar-refractivity contribution is -0.138. The molecule has 0 aliphatic carbocycles. The maximum absolute atomic E-state index is 13.5. The molecule has 0 saturated heterocycles. The van der Waals surface area contributed by atoms with Crippen LogP contribution in [0, 0.1) is 11.3 Å². The average Bonchev–Trinajstić information content (AvgIpc) is 3.23. The number of benzene rings is 2. The zero-order valence-corrected chi connectivity index (χ0v) is 16.2. The van der Waals surface area contributed by atoms with E-state index in [4.69, 9.17) is 21.0 Å². The summed E-state index contributed by atoms with van der Waals surface area (Å²) in [6.45, 7) is 0.364. The number of rotatable bonds is 6. The molecule has 2 unspecified atom stereocenters. The zero-order chi connectivity index (χ0) is 21.3. The molecule has 2 heterocycles. The van der Waals surface area contributed by atoms with Crippen molar-refractivity contribution in [2.24, 2.45) is 16.6 Å². The van der Waals surface area contributed by atoms with Gasteiger partial charge in [-0.15, -0.1) is 0 Å². The Hall–Kier alpha value is -3.74. The van der Waals surface area contributed by atoms with Gasteiger partial charge in [-0.05, 0) is 41.8 Å². The Morgan fingerprint density at radius 1 is 1.20 bits per heavy atom. The van der Waals surface area contributed by atoms with Crippen molar-refractivity contribution >= 4 is 23.8 Å². The van der Waals surface area contributed by atoms with E-state index in [1.165, 1.54) is 0 Å². The van der Waals surface area contributed by atoms with Crippen LogP contribution in [0.1, 0.15) is 33.5 Å². The lowest BCUT2D eigenvalue weighted by Gasteiger charge is -2.28. The second-order valence-electron chi connectivity index (χ2n) is 7.53. The second-order valence-corrected chi connectivity index (χ2v) is 7.53. The van der Waals surface area contributed by atoms with E-state index in [9.17, 15) is 9.59 Å². The first kappa shape index (κ1) is 19.6. The van der Waals surface area contributed by atoms with Gasteiger partial charge in [-0.25, -0.2) is 0 Å². The zero-order valence-electron chi connectivity index (χ0n) is 16.2. The Labute approximate surface area is 173 Å². The number of carbonyl (C=O) groups is 2. The van der Waals surface area contributed by atoms with Crippen molar-refractivity contribution in [1.29, 1.82) is 5.41 Å². The maximum Gasteiger partial charge on any atom is 0.303 e. The molecule has 2 aliphatic heterocycles. The number of hydrogen-bond acceptors (Lipinski definition) is 5. The van der Waals surface area contributed by atoms with Crippen molar-refractivity contribution in [3.63, 3.8) is 0 Å². The number of nitrogens with one attached hydrogen (secondary N) is 1. The van der Waals surface area contributed by atoms with Gasteiger partial charge >= 0.3 is 5.97 Å². The monoisotopic (exact) mass is 403 g/mol. The van der Waals surface area contributed by atoms with Crippen LogP contribution in [0.4, 0.5) is 0 Å². The first-order chi connectivity index (χ1) is 14.4. The molecule has 2 aromatic carbocycles. The van der Waals surface area contributed by atoms with Crippen molar-refractivity contribution in [1.82, 2.24) is 0 Å². The third kappa shape index (κ3) is 3.50. The number of carbonyl (C=O) groups excluding carboxylic acids is 1. The summed E-state index contributed by atoms with van der Waals surface area (Å²) >= 11 is 0. The predicted molar refractivity (Wildman–Crippen MR) is 112 cm³/mol. The number of ketones is 1. The summed E-state index contributed by atoms with van der Waals surface area (Å²) in [6.07, 6.45) is 5.71. The highest BCUT2D eigenvalue weighted by Gasteiger charge is 2.40. The summed E-state index contributed by atoms with van der Waals surface area (Å²) in [5, 5.41) is 16.6. The number of aliphatic imine (C=N–C) groups is 1. The first-order valence-corrected chi connectivity index (χ1v) is 9.59. The molecule has 0 amide bonds. The Morgan fingerprint density at radius 3 is 2.57 bits per heavy atom. The van der Waals surface area contributed by atoms with E-state index < -0.39 is 11.5 Å². The standard InChI is InChI=1S/C23H21N3O4/c24-22(25)16-4-2-15(3-5-16)21(29)23(8-1-9-26-23)18-6-7-19-17(12-18)10-14(13-30-19)11-20(27)28/h1-9,12,14H,10-11,13H2,(H3,24,25)(H,27,28). The fourth-order valence-corrected chi connectivity index (χ4v) is 3.92. The van der Waals surface area contributed by atoms with Gasteiger partial charge in [-0.2, -0.15) is 0 Å². The molecule has 2 aliphatic rings. The lowest BCUT2D eigenvalue weighted by atomic mass is 9.81. The van der Waals surface area contributed by atoms with E-state index in [1.54, 1.807) is 42.6 Å². The molecule has 2 atom stereocenters. The third-order valence-corrected chi connectivity index (χ3v) is 5.45. The van der Waals surface area contributed by atoms with Crippen molar-refractivity contribution in [2.45, 2.75) is 18.4 Å². The van der Waals surface area contributed by atoms with Gasteiger partial charge in [-0.1, -0.05) is 30.3 Å². The molecule has 4 N–H and O–H groups in total. The van der Waals surface area contributed by atoms with E-state index in [2.05, 4.69) is 4.99 Å². The van der Waals surface area contributed by atoms with Crippen molar-refractivity contribution in [3.05, 3.63) is 76.9 Å². The molecule has 152 valence electrons. The normalized spacial score (nSPS) is 21.7. The fourth-order valence-electron chi connectivity index (χ4n) is 3.92. The Kier molecular flexibility index (Phi) is 4.95. The Morgan fingerprint density at radius 2 is 1.93 bits per heavy atom. The molecular formula is C23H21N3O4. The van der Waals surface area contributed by atoms with Crippen molar-refractivity contribution in [2.75, 3.05) is 6.61 Å².